The lowest BCUT2D eigenvalue weighted by Crippen LogP contribution is -2.51. The van der Waals surface area contributed by atoms with Crippen LogP contribution in [0.4, 0.5) is 10.5 Å². The van der Waals surface area contributed by atoms with Crippen molar-refractivity contribution in [3.8, 4) is 5.75 Å². The van der Waals surface area contributed by atoms with Crippen molar-refractivity contribution >= 4 is 11.7 Å². The Bertz CT molecular complexity index is 915. The van der Waals surface area contributed by atoms with Crippen molar-refractivity contribution in [1.29, 1.82) is 0 Å². The van der Waals surface area contributed by atoms with Crippen LogP contribution in [0.1, 0.15) is 17.2 Å². The van der Waals surface area contributed by atoms with Crippen LogP contribution in [0.15, 0.2) is 84.9 Å². The Kier molecular flexibility index (Phi) is 6.30. The van der Waals surface area contributed by atoms with E-state index in [0.717, 1.165) is 13.1 Å². The highest BCUT2D eigenvalue weighted by Gasteiger charge is 2.28. The normalized spacial score (nSPS) is 14.5. The summed E-state index contributed by atoms with van der Waals surface area (Å²) in [6.45, 7) is 2.98. The fourth-order valence-corrected chi connectivity index (χ4v) is 4.01. The van der Waals surface area contributed by atoms with Gasteiger partial charge in [0.2, 0.25) is 0 Å². The van der Waals surface area contributed by atoms with Crippen LogP contribution < -0.4 is 10.1 Å². The average Bonchev–Trinajstić information content (AvgIpc) is 2.81. The second-order valence-electron chi connectivity index (χ2n) is 7.38. The summed E-state index contributed by atoms with van der Waals surface area (Å²) in [7, 11) is 1.61. The third-order valence-corrected chi connectivity index (χ3v) is 5.55. The number of hydrogen-bond acceptors (Lipinski definition) is 3. The Balaban J connectivity index is 1.45. The van der Waals surface area contributed by atoms with Gasteiger partial charge in [0.05, 0.1) is 18.8 Å². The van der Waals surface area contributed by atoms with Gasteiger partial charge in [0, 0.05) is 26.2 Å². The predicted molar refractivity (Wildman–Crippen MR) is 120 cm³/mol. The second kappa shape index (κ2) is 9.46. The first-order valence-electron chi connectivity index (χ1n) is 10.3. The molecule has 3 aromatic carbocycles. The fourth-order valence-electron chi connectivity index (χ4n) is 4.01. The number of nitrogens with one attached hydrogen (secondary N) is 1. The number of hydrogen-bond donors (Lipinski definition) is 1. The number of nitrogens with zero attached hydrogens (tertiary/aromatic N) is 2. The molecule has 30 heavy (non-hydrogen) atoms. The third-order valence-electron chi connectivity index (χ3n) is 5.55. The number of para-hydroxylation sites is 2. The zero-order chi connectivity index (χ0) is 20.8. The van der Waals surface area contributed by atoms with E-state index in [0.29, 0.717) is 24.5 Å². The lowest BCUT2D eigenvalue weighted by atomic mass is 9.96. The van der Waals surface area contributed by atoms with Crippen molar-refractivity contribution in [3.05, 3.63) is 96.1 Å². The quantitative estimate of drug-likeness (QED) is 0.678. The molecule has 1 heterocycles. The molecule has 1 aliphatic heterocycles. The Hall–Kier alpha value is -3.31. The molecule has 0 bridgehead atoms. The third kappa shape index (κ3) is 4.47. The van der Waals surface area contributed by atoms with E-state index in [1.165, 1.54) is 11.1 Å². The molecule has 1 N–H and O–H groups in total. The summed E-state index contributed by atoms with van der Waals surface area (Å²) < 4.78 is 5.34. The van der Waals surface area contributed by atoms with Crippen molar-refractivity contribution in [1.82, 2.24) is 9.80 Å². The summed E-state index contributed by atoms with van der Waals surface area (Å²) in [6.07, 6.45) is 0. The lowest BCUT2D eigenvalue weighted by molar-refractivity contribution is 0.126. The van der Waals surface area contributed by atoms with Gasteiger partial charge in [-0.2, -0.15) is 0 Å². The number of amides is 2. The minimum atomic E-state index is -0.0878. The van der Waals surface area contributed by atoms with Crippen LogP contribution in [-0.4, -0.2) is 49.1 Å². The maximum absolute atomic E-state index is 12.8. The van der Waals surface area contributed by atoms with Crippen molar-refractivity contribution in [2.75, 3.05) is 38.6 Å². The minimum Gasteiger partial charge on any atom is -0.495 e. The molecule has 0 spiro atoms. The van der Waals surface area contributed by atoms with Crippen LogP contribution in [-0.2, 0) is 0 Å². The van der Waals surface area contributed by atoms with E-state index in [4.69, 9.17) is 4.74 Å². The van der Waals surface area contributed by atoms with E-state index in [2.05, 4.69) is 58.7 Å². The molecule has 1 aliphatic rings. The highest BCUT2D eigenvalue weighted by molar-refractivity contribution is 5.91. The van der Waals surface area contributed by atoms with E-state index in [9.17, 15) is 4.79 Å². The van der Waals surface area contributed by atoms with E-state index in [1.54, 1.807) is 7.11 Å². The van der Waals surface area contributed by atoms with Gasteiger partial charge in [0.15, 0.2) is 0 Å². The molecule has 2 amide bonds. The Morgan fingerprint density at radius 2 is 1.33 bits per heavy atom. The largest absolute Gasteiger partial charge is 0.495 e. The molecule has 5 heteroatoms. The van der Waals surface area contributed by atoms with Gasteiger partial charge in [-0.25, -0.2) is 4.79 Å². The van der Waals surface area contributed by atoms with Gasteiger partial charge >= 0.3 is 6.03 Å². The molecule has 0 aromatic heterocycles. The molecule has 0 radical (unpaired) electrons. The molecule has 4 rings (SSSR count). The molecular formula is C25H27N3O2. The van der Waals surface area contributed by atoms with Crippen molar-refractivity contribution in [2.45, 2.75) is 6.04 Å². The van der Waals surface area contributed by atoms with Crippen LogP contribution in [0.5, 0.6) is 5.75 Å². The molecule has 0 atom stereocenters. The van der Waals surface area contributed by atoms with Gasteiger partial charge in [0.25, 0.3) is 0 Å². The Labute approximate surface area is 177 Å². The molecule has 3 aromatic rings. The summed E-state index contributed by atoms with van der Waals surface area (Å²) in [5.41, 5.74) is 3.24. The maximum Gasteiger partial charge on any atom is 0.322 e. The first-order chi connectivity index (χ1) is 14.8. The molecule has 1 saturated heterocycles. The van der Waals surface area contributed by atoms with Crippen LogP contribution >= 0.6 is 0 Å². The minimum absolute atomic E-state index is 0.0878. The Morgan fingerprint density at radius 3 is 1.90 bits per heavy atom. The first-order valence-corrected chi connectivity index (χ1v) is 10.3. The fraction of sp³-hybridized carbons (Fsp3) is 0.240. The van der Waals surface area contributed by atoms with Gasteiger partial charge in [-0.1, -0.05) is 72.8 Å². The van der Waals surface area contributed by atoms with Crippen LogP contribution in [0, 0.1) is 0 Å². The standard InChI is InChI=1S/C25H27N3O2/c1-30-23-15-9-8-14-22(23)26-25(29)28-18-16-27(17-19-28)24(20-10-4-2-5-11-20)21-12-6-3-7-13-21/h2-15,24H,16-19H2,1H3,(H,26,29). The molecule has 0 unspecified atom stereocenters. The van der Waals surface area contributed by atoms with Gasteiger partial charge in [-0.15, -0.1) is 0 Å². The molecule has 1 fully saturated rings. The van der Waals surface area contributed by atoms with Crippen LogP contribution in [0.25, 0.3) is 0 Å². The van der Waals surface area contributed by atoms with Crippen molar-refractivity contribution in [2.24, 2.45) is 0 Å². The zero-order valence-electron chi connectivity index (χ0n) is 17.2. The zero-order valence-corrected chi connectivity index (χ0v) is 17.2. The molecular weight excluding hydrogens is 374 g/mol. The molecule has 0 aliphatic carbocycles. The van der Waals surface area contributed by atoms with Crippen molar-refractivity contribution < 1.29 is 9.53 Å². The van der Waals surface area contributed by atoms with E-state index in [-0.39, 0.29) is 12.1 Å². The number of urea groups is 1. The van der Waals surface area contributed by atoms with Crippen LogP contribution in [0.3, 0.4) is 0 Å². The van der Waals surface area contributed by atoms with Gasteiger partial charge in [-0.05, 0) is 23.3 Å². The summed E-state index contributed by atoms with van der Waals surface area (Å²) in [5.74, 6) is 0.665. The highest BCUT2D eigenvalue weighted by atomic mass is 16.5. The summed E-state index contributed by atoms with van der Waals surface area (Å²) in [5, 5.41) is 2.98. The average molecular weight is 402 g/mol. The number of piperazine rings is 1. The predicted octanol–water partition coefficient (Wildman–Crippen LogP) is 4.63. The van der Waals surface area contributed by atoms with E-state index < -0.39 is 0 Å². The number of methoxy groups -OCH3 is 1. The summed E-state index contributed by atoms with van der Waals surface area (Å²) >= 11 is 0. The topological polar surface area (TPSA) is 44.8 Å². The molecule has 154 valence electrons. The van der Waals surface area contributed by atoms with E-state index >= 15 is 0 Å². The summed E-state index contributed by atoms with van der Waals surface area (Å²) in [4.78, 5) is 17.1. The number of carbonyl (C=O) groups is 1. The highest BCUT2D eigenvalue weighted by Crippen LogP contribution is 2.30. The monoisotopic (exact) mass is 401 g/mol. The van der Waals surface area contributed by atoms with Gasteiger partial charge in [-0.3, -0.25) is 4.90 Å². The number of anilines is 1. The first kappa shape index (κ1) is 20.0. The smallest absolute Gasteiger partial charge is 0.322 e. The second-order valence-corrected chi connectivity index (χ2v) is 7.38. The molecule has 5 nitrogen and oxygen atoms in total. The van der Waals surface area contributed by atoms with Crippen LogP contribution in [0.2, 0.25) is 0 Å². The molecule has 0 saturated carbocycles. The van der Waals surface area contributed by atoms with Crippen molar-refractivity contribution in [3.63, 3.8) is 0 Å². The Morgan fingerprint density at radius 1 is 0.800 bits per heavy atom. The number of rotatable bonds is 5. The summed E-state index contributed by atoms with van der Waals surface area (Å²) in [6, 6.07) is 28.7. The maximum atomic E-state index is 12.8. The number of benzene rings is 3. The van der Waals surface area contributed by atoms with Gasteiger partial charge < -0.3 is 15.0 Å². The van der Waals surface area contributed by atoms with E-state index in [1.807, 2.05) is 41.3 Å². The number of carbonyl (C=O) groups excluding carboxylic acids is 1. The number of ether oxygens (including phenoxy) is 1. The lowest BCUT2D eigenvalue weighted by Gasteiger charge is -2.39. The van der Waals surface area contributed by atoms with Gasteiger partial charge in [0.1, 0.15) is 5.75 Å². The SMILES string of the molecule is COc1ccccc1NC(=O)N1CCN(C(c2ccccc2)c2ccccc2)CC1.